The fraction of sp³-hybridized carbons (Fsp3) is 0.300. The van der Waals surface area contributed by atoms with Gasteiger partial charge in [-0.25, -0.2) is 4.98 Å². The lowest BCUT2D eigenvalue weighted by Crippen LogP contribution is -2.09. The summed E-state index contributed by atoms with van der Waals surface area (Å²) < 4.78 is 0.832. The molecule has 1 heterocycles. The minimum Gasteiger partial charge on any atom is -0.324 e. The summed E-state index contributed by atoms with van der Waals surface area (Å²) in [6.07, 6.45) is 5.52. The molecule has 1 aromatic heterocycles. The molecule has 0 unspecified atom stereocenters. The molecule has 0 saturated carbocycles. The second-order valence-electron chi connectivity index (χ2n) is 2.88. The molecule has 0 bridgehead atoms. The van der Waals surface area contributed by atoms with Crippen molar-refractivity contribution in [3.63, 3.8) is 0 Å². The van der Waals surface area contributed by atoms with Crippen LogP contribution in [0.25, 0.3) is 0 Å². The smallest absolute Gasteiger partial charge is 0.106 e. The lowest BCUT2D eigenvalue weighted by Gasteiger charge is -2.10. The maximum atomic E-state index is 5.95. The van der Waals surface area contributed by atoms with Crippen molar-refractivity contribution in [3.05, 3.63) is 41.2 Å². The topological polar surface area (TPSA) is 38.9 Å². The number of pyridine rings is 1. The van der Waals surface area contributed by atoms with Crippen molar-refractivity contribution in [2.24, 2.45) is 5.73 Å². The van der Waals surface area contributed by atoms with Gasteiger partial charge in [0.25, 0.3) is 0 Å². The Morgan fingerprint density at radius 1 is 1.69 bits per heavy atom. The zero-order valence-electron chi connectivity index (χ0n) is 7.41. The maximum Gasteiger partial charge on any atom is 0.106 e. The molecule has 3 heteroatoms. The second kappa shape index (κ2) is 5.14. The van der Waals surface area contributed by atoms with Gasteiger partial charge in [-0.3, -0.25) is 0 Å². The highest BCUT2D eigenvalue weighted by atomic mass is 79.9. The third-order valence-corrected chi connectivity index (χ3v) is 2.29. The van der Waals surface area contributed by atoms with Gasteiger partial charge in [-0.05, 0) is 46.5 Å². The molecule has 0 amide bonds. The summed E-state index contributed by atoms with van der Waals surface area (Å²) in [6.45, 7) is 3.67. The van der Waals surface area contributed by atoms with Crippen LogP contribution >= 0.6 is 15.9 Å². The average molecular weight is 241 g/mol. The van der Waals surface area contributed by atoms with Gasteiger partial charge in [-0.15, -0.1) is 6.58 Å². The third-order valence-electron chi connectivity index (χ3n) is 1.86. The zero-order chi connectivity index (χ0) is 9.68. The molecule has 13 heavy (non-hydrogen) atoms. The number of nitrogens with zero attached hydrogens (tertiary/aromatic N) is 1. The molecule has 0 aromatic carbocycles. The molecular formula is C10H13BrN2. The summed E-state index contributed by atoms with van der Waals surface area (Å²) in [5, 5.41) is 0. The first-order chi connectivity index (χ1) is 6.24. The third kappa shape index (κ3) is 3.28. The highest BCUT2D eigenvalue weighted by Crippen LogP contribution is 2.18. The van der Waals surface area contributed by atoms with E-state index in [1.807, 2.05) is 18.2 Å². The number of rotatable bonds is 4. The number of halogens is 1. The van der Waals surface area contributed by atoms with Gasteiger partial charge in [0.05, 0.1) is 0 Å². The lowest BCUT2D eigenvalue weighted by molar-refractivity contribution is 0.660. The Kier molecular flexibility index (Phi) is 4.12. The van der Waals surface area contributed by atoms with Crippen LogP contribution in [0.3, 0.4) is 0 Å². The molecule has 70 valence electrons. The van der Waals surface area contributed by atoms with Crippen molar-refractivity contribution in [2.45, 2.75) is 18.9 Å². The lowest BCUT2D eigenvalue weighted by atomic mass is 10.0. The highest BCUT2D eigenvalue weighted by molar-refractivity contribution is 9.10. The van der Waals surface area contributed by atoms with E-state index < -0.39 is 0 Å². The van der Waals surface area contributed by atoms with Gasteiger partial charge in [0.2, 0.25) is 0 Å². The van der Waals surface area contributed by atoms with Crippen LogP contribution in [-0.2, 0) is 0 Å². The van der Waals surface area contributed by atoms with Crippen molar-refractivity contribution in [1.82, 2.24) is 4.98 Å². The minimum atomic E-state index is 0.0808. The van der Waals surface area contributed by atoms with Crippen molar-refractivity contribution in [1.29, 1.82) is 0 Å². The minimum absolute atomic E-state index is 0.0808. The summed E-state index contributed by atoms with van der Waals surface area (Å²) in [4.78, 5) is 4.04. The quantitative estimate of drug-likeness (QED) is 0.650. The number of allylic oxidation sites excluding steroid dienone is 1. The van der Waals surface area contributed by atoms with E-state index in [0.717, 1.165) is 23.0 Å². The summed E-state index contributed by atoms with van der Waals surface area (Å²) in [5.41, 5.74) is 7.07. The molecule has 0 spiro atoms. The first-order valence-electron chi connectivity index (χ1n) is 4.22. The standard InChI is InChI=1S/C10H13BrN2/c1-2-3-4-9(12)8-5-6-13-10(11)7-8/h2,5-7,9H,1,3-4,12H2/t9-/m1/s1. The van der Waals surface area contributed by atoms with Crippen LogP contribution in [-0.4, -0.2) is 4.98 Å². The van der Waals surface area contributed by atoms with E-state index in [2.05, 4.69) is 27.5 Å². The molecule has 1 aromatic rings. The van der Waals surface area contributed by atoms with E-state index in [-0.39, 0.29) is 6.04 Å². The second-order valence-corrected chi connectivity index (χ2v) is 3.70. The van der Waals surface area contributed by atoms with E-state index in [1.165, 1.54) is 0 Å². The molecule has 2 nitrogen and oxygen atoms in total. The van der Waals surface area contributed by atoms with Gasteiger partial charge in [0.1, 0.15) is 4.60 Å². The first kappa shape index (κ1) is 10.4. The molecule has 0 aliphatic carbocycles. The van der Waals surface area contributed by atoms with Crippen molar-refractivity contribution in [3.8, 4) is 0 Å². The normalized spacial score (nSPS) is 12.5. The summed E-state index contributed by atoms with van der Waals surface area (Å²) in [5.74, 6) is 0. The molecule has 0 aliphatic rings. The van der Waals surface area contributed by atoms with E-state index in [9.17, 15) is 0 Å². The van der Waals surface area contributed by atoms with Crippen LogP contribution in [0, 0.1) is 0 Å². The van der Waals surface area contributed by atoms with Crippen LogP contribution in [0.15, 0.2) is 35.6 Å². The fourth-order valence-electron chi connectivity index (χ4n) is 1.11. The number of nitrogens with two attached hydrogens (primary N) is 1. The molecule has 1 atom stereocenters. The van der Waals surface area contributed by atoms with Crippen LogP contribution in [0.5, 0.6) is 0 Å². The Bertz CT molecular complexity index is 286. The molecule has 0 aliphatic heterocycles. The Balaban J connectivity index is 2.65. The van der Waals surface area contributed by atoms with Gasteiger partial charge < -0.3 is 5.73 Å². The van der Waals surface area contributed by atoms with Crippen molar-refractivity contribution >= 4 is 15.9 Å². The Labute approximate surface area is 87.0 Å². The van der Waals surface area contributed by atoms with Crippen LogP contribution in [0.1, 0.15) is 24.4 Å². The fourth-order valence-corrected chi connectivity index (χ4v) is 1.49. The Morgan fingerprint density at radius 2 is 2.46 bits per heavy atom. The van der Waals surface area contributed by atoms with Gasteiger partial charge in [-0.1, -0.05) is 6.08 Å². The monoisotopic (exact) mass is 240 g/mol. The Morgan fingerprint density at radius 3 is 3.08 bits per heavy atom. The van der Waals surface area contributed by atoms with Crippen LogP contribution in [0.2, 0.25) is 0 Å². The zero-order valence-corrected chi connectivity index (χ0v) is 9.00. The van der Waals surface area contributed by atoms with Gasteiger partial charge in [0, 0.05) is 12.2 Å². The van der Waals surface area contributed by atoms with Gasteiger partial charge in [-0.2, -0.15) is 0 Å². The SMILES string of the molecule is C=CCC[C@@H](N)c1ccnc(Br)c1. The summed E-state index contributed by atoms with van der Waals surface area (Å²) >= 11 is 3.31. The predicted octanol–water partition coefficient (Wildman–Crippen LogP) is 2.81. The van der Waals surface area contributed by atoms with E-state index >= 15 is 0 Å². The largest absolute Gasteiger partial charge is 0.324 e. The molecule has 2 N–H and O–H groups in total. The van der Waals surface area contributed by atoms with E-state index in [1.54, 1.807) is 6.20 Å². The molecule has 1 rings (SSSR count). The number of hydrogen-bond acceptors (Lipinski definition) is 2. The number of aromatic nitrogens is 1. The van der Waals surface area contributed by atoms with E-state index in [0.29, 0.717) is 0 Å². The Hall–Kier alpha value is -0.670. The van der Waals surface area contributed by atoms with Crippen LogP contribution < -0.4 is 5.73 Å². The van der Waals surface area contributed by atoms with E-state index in [4.69, 9.17) is 5.73 Å². The maximum absolute atomic E-state index is 5.95. The first-order valence-corrected chi connectivity index (χ1v) is 5.01. The predicted molar refractivity (Wildman–Crippen MR) is 58.3 cm³/mol. The van der Waals surface area contributed by atoms with Crippen molar-refractivity contribution in [2.75, 3.05) is 0 Å². The van der Waals surface area contributed by atoms with Gasteiger partial charge in [0.15, 0.2) is 0 Å². The van der Waals surface area contributed by atoms with Crippen molar-refractivity contribution < 1.29 is 0 Å². The van der Waals surface area contributed by atoms with Crippen LogP contribution in [0.4, 0.5) is 0 Å². The summed E-state index contributed by atoms with van der Waals surface area (Å²) in [7, 11) is 0. The molecule has 0 fully saturated rings. The average Bonchev–Trinajstić information content (AvgIpc) is 2.14. The number of hydrogen-bond donors (Lipinski definition) is 1. The summed E-state index contributed by atoms with van der Waals surface area (Å²) in [6, 6.07) is 3.98. The molecule has 0 saturated heterocycles. The van der Waals surface area contributed by atoms with Gasteiger partial charge >= 0.3 is 0 Å². The molecular weight excluding hydrogens is 228 g/mol. The highest BCUT2D eigenvalue weighted by Gasteiger charge is 2.04. The molecule has 0 radical (unpaired) electrons.